The van der Waals surface area contributed by atoms with Crippen LogP contribution in [-0.4, -0.2) is 60.5 Å². The number of hydrogen-bond donors (Lipinski definition) is 2. The van der Waals surface area contributed by atoms with Crippen LogP contribution in [0, 0.1) is 62.6 Å². The molecule has 0 bridgehead atoms. The molecule has 4 saturated carbocycles. The number of likely N-dealkylation sites (N-methyl/N-ethyl adjacent to an activating group) is 1. The first-order valence-corrected chi connectivity index (χ1v) is 20.7. The molecule has 4 nitrogen and oxygen atoms in total. The first kappa shape index (κ1) is 36.9. The zero-order chi connectivity index (χ0) is 34.9. The predicted octanol–water partition coefficient (Wildman–Crippen LogP) is 10.0. The summed E-state index contributed by atoms with van der Waals surface area (Å²) in [5.74, 6) is 4.68. The van der Waals surface area contributed by atoms with Gasteiger partial charge in [0.25, 0.3) is 0 Å². The summed E-state index contributed by atoms with van der Waals surface area (Å²) in [5, 5.41) is 13.6. The molecule has 0 radical (unpaired) electrons. The lowest BCUT2D eigenvalue weighted by Crippen LogP contribution is -2.66. The number of rotatable bonds is 10. The number of halogens is 1. The zero-order valence-corrected chi connectivity index (χ0v) is 32.8. The predicted molar refractivity (Wildman–Crippen MR) is 200 cm³/mol. The van der Waals surface area contributed by atoms with E-state index in [4.69, 9.17) is 0 Å². The fourth-order valence-corrected chi connectivity index (χ4v) is 15.4. The molecule has 6 aliphatic rings. The van der Waals surface area contributed by atoms with Crippen molar-refractivity contribution in [3.63, 3.8) is 0 Å². The molecule has 0 aromatic heterocycles. The van der Waals surface area contributed by atoms with Crippen LogP contribution >= 0.6 is 11.8 Å². The van der Waals surface area contributed by atoms with Crippen molar-refractivity contribution >= 4 is 17.7 Å². The van der Waals surface area contributed by atoms with Gasteiger partial charge in [-0.2, -0.15) is 0 Å². The molecule has 0 saturated heterocycles. The summed E-state index contributed by atoms with van der Waals surface area (Å²) in [5.41, 5.74) is 2.53. The Labute approximate surface area is 297 Å². The Balaban J connectivity index is 1.27. The van der Waals surface area contributed by atoms with Crippen LogP contribution in [-0.2, 0) is 4.79 Å². The molecule has 0 heterocycles. The third-order valence-electron chi connectivity index (χ3n) is 16.7. The van der Waals surface area contributed by atoms with Gasteiger partial charge in [0, 0.05) is 23.7 Å². The molecule has 272 valence electrons. The molecule has 10 atom stereocenters. The Morgan fingerprint density at radius 2 is 1.71 bits per heavy atom. The highest BCUT2D eigenvalue weighted by Gasteiger charge is 2.70. The minimum atomic E-state index is -1.23. The Bertz CT molecular complexity index is 1290. The van der Waals surface area contributed by atoms with E-state index in [1.165, 1.54) is 62.5 Å². The number of aliphatic carboxylic acids is 1. The van der Waals surface area contributed by atoms with Gasteiger partial charge in [0.15, 0.2) is 0 Å². The third-order valence-corrected chi connectivity index (χ3v) is 18.3. The number of thioether (sulfide) groups is 1. The first-order valence-electron chi connectivity index (χ1n) is 19.7. The number of carbonyl (C=O) groups is 1. The Kier molecular flexibility index (Phi) is 9.98. The van der Waals surface area contributed by atoms with E-state index in [1.54, 1.807) is 0 Å². The van der Waals surface area contributed by atoms with Gasteiger partial charge in [-0.25, -0.2) is 4.39 Å². The van der Waals surface area contributed by atoms with Crippen molar-refractivity contribution in [1.82, 2.24) is 10.2 Å². The van der Waals surface area contributed by atoms with Gasteiger partial charge in [-0.15, -0.1) is 11.8 Å². The van der Waals surface area contributed by atoms with Crippen molar-refractivity contribution in [2.75, 3.05) is 39.7 Å². The quantitative estimate of drug-likeness (QED) is 0.177. The van der Waals surface area contributed by atoms with Crippen LogP contribution in [0.1, 0.15) is 126 Å². The van der Waals surface area contributed by atoms with Crippen molar-refractivity contribution in [1.29, 1.82) is 0 Å². The average Bonchev–Trinajstić information content (AvgIpc) is 3.41. The van der Waals surface area contributed by atoms with E-state index in [2.05, 4.69) is 96.7 Å². The molecule has 0 aromatic carbocycles. The lowest BCUT2D eigenvalue weighted by Gasteiger charge is -2.72. The lowest BCUT2D eigenvalue weighted by atomic mass is 9.33. The Hall–Kier alpha value is -0.850. The Morgan fingerprint density at radius 3 is 2.33 bits per heavy atom. The van der Waals surface area contributed by atoms with Gasteiger partial charge in [-0.3, -0.25) is 4.79 Å². The molecule has 4 fully saturated rings. The number of hydrogen-bond acceptors (Lipinski definition) is 4. The normalized spacial score (nSPS) is 45.1. The van der Waals surface area contributed by atoms with Crippen molar-refractivity contribution in [2.45, 2.75) is 130 Å². The monoisotopic (exact) mass is 685 g/mol. The van der Waals surface area contributed by atoms with Crippen LogP contribution < -0.4 is 5.32 Å². The van der Waals surface area contributed by atoms with Crippen LogP contribution in [0.2, 0.25) is 0 Å². The molecule has 6 aliphatic carbocycles. The highest BCUT2D eigenvalue weighted by Crippen LogP contribution is 2.77. The summed E-state index contributed by atoms with van der Waals surface area (Å²) in [7, 11) is 4.33. The van der Waals surface area contributed by atoms with Crippen LogP contribution in [0.5, 0.6) is 0 Å². The van der Waals surface area contributed by atoms with Crippen LogP contribution in [0.3, 0.4) is 0 Å². The Morgan fingerprint density at radius 1 is 0.958 bits per heavy atom. The first-order chi connectivity index (χ1) is 22.5. The highest BCUT2D eigenvalue weighted by molar-refractivity contribution is 8.00. The van der Waals surface area contributed by atoms with Crippen LogP contribution in [0.4, 0.5) is 4.39 Å². The number of carboxylic acids is 1. The fraction of sp³-hybridized carbons (Fsp3) is 0.881. The summed E-state index contributed by atoms with van der Waals surface area (Å²) in [6, 6.07) is 0. The van der Waals surface area contributed by atoms with Crippen molar-refractivity contribution in [3.8, 4) is 0 Å². The molecular formula is C42H69FN2O2S. The van der Waals surface area contributed by atoms with Gasteiger partial charge in [-0.05, 0) is 159 Å². The smallest absolute Gasteiger partial charge is 0.312 e. The molecule has 2 N–H and O–H groups in total. The van der Waals surface area contributed by atoms with Gasteiger partial charge in [0.2, 0.25) is 0 Å². The van der Waals surface area contributed by atoms with Gasteiger partial charge >= 0.3 is 5.97 Å². The van der Waals surface area contributed by atoms with E-state index in [0.29, 0.717) is 40.8 Å². The van der Waals surface area contributed by atoms with E-state index < -0.39 is 18.1 Å². The molecule has 6 heteroatoms. The van der Waals surface area contributed by atoms with Gasteiger partial charge in [-0.1, -0.05) is 60.6 Å². The van der Waals surface area contributed by atoms with E-state index in [0.717, 1.165) is 55.0 Å². The largest absolute Gasteiger partial charge is 0.481 e. The summed E-state index contributed by atoms with van der Waals surface area (Å²) < 4.78 is 14.4. The average molecular weight is 685 g/mol. The second kappa shape index (κ2) is 13.0. The SMILES string of the molecule is CC(C)[C@@H]1CC[C@]2(SCNCCN(C)C)CC[C@]3(C)[C@H](CC[C@@H]4[C@@]5(C)CC=C(C6=CC[C@](CF)(C(=O)O)CC6)C(C)(C)[C@@H]5CC[C@]43C)[C@@H]12. The van der Waals surface area contributed by atoms with Crippen molar-refractivity contribution in [2.24, 2.45) is 62.6 Å². The van der Waals surface area contributed by atoms with Crippen LogP contribution in [0.15, 0.2) is 23.3 Å². The maximum Gasteiger partial charge on any atom is 0.312 e. The zero-order valence-electron chi connectivity index (χ0n) is 32.0. The summed E-state index contributed by atoms with van der Waals surface area (Å²) >= 11 is 2.31. The molecule has 6 rings (SSSR count). The highest BCUT2D eigenvalue weighted by atomic mass is 32.2. The van der Waals surface area contributed by atoms with E-state index in [9.17, 15) is 14.3 Å². The number of fused-ring (bicyclic) bond motifs is 7. The lowest BCUT2D eigenvalue weighted by molar-refractivity contribution is -0.216. The standard InChI is InChI=1S/C42H69FN2O2S/c1-28(2)30-14-21-42(48-27-44-24-25-45(8)9)23-22-39(6)32(35(30)42)10-11-34-38(5)17-15-31(37(3,4)33(38)16-18-40(34,39)7)29-12-19-41(26-43,20-13-29)36(46)47/h12,15,28,30,32-35,44H,10-11,13-14,16-27H2,1-9H3,(H,46,47)/t30-,32+,33-,34+,35+,38-,39+,40+,41-,42-/m0/s1. The van der Waals surface area contributed by atoms with Gasteiger partial charge in [0.1, 0.15) is 6.67 Å². The van der Waals surface area contributed by atoms with Gasteiger partial charge in [0.05, 0.1) is 5.41 Å². The molecule has 0 unspecified atom stereocenters. The maximum absolute atomic E-state index is 14.0. The molecule has 0 amide bonds. The maximum atomic E-state index is 14.0. The van der Waals surface area contributed by atoms with E-state index in [-0.39, 0.29) is 10.8 Å². The van der Waals surface area contributed by atoms with E-state index >= 15 is 0 Å². The molecule has 0 aliphatic heterocycles. The van der Waals surface area contributed by atoms with Crippen LogP contribution in [0.25, 0.3) is 0 Å². The summed E-state index contributed by atoms with van der Waals surface area (Å²) in [6.45, 7) is 19.6. The minimum absolute atomic E-state index is 0.0307. The molecule has 48 heavy (non-hydrogen) atoms. The number of nitrogens with one attached hydrogen (secondary N) is 1. The molecule has 0 aromatic rings. The topological polar surface area (TPSA) is 52.6 Å². The third kappa shape index (κ3) is 5.53. The molecule has 0 spiro atoms. The second-order valence-electron chi connectivity index (χ2n) is 19.5. The molecular weight excluding hydrogens is 616 g/mol. The summed E-state index contributed by atoms with van der Waals surface area (Å²) in [6.07, 6.45) is 18.2. The van der Waals surface area contributed by atoms with Crippen molar-refractivity contribution < 1.29 is 14.3 Å². The number of alkyl halides is 1. The summed E-state index contributed by atoms with van der Waals surface area (Å²) in [4.78, 5) is 14.2. The number of allylic oxidation sites excluding steroid dienone is 4. The number of carboxylic acid groups (broad SMARTS) is 1. The minimum Gasteiger partial charge on any atom is -0.481 e. The van der Waals surface area contributed by atoms with Gasteiger partial charge < -0.3 is 15.3 Å². The second-order valence-corrected chi connectivity index (χ2v) is 20.9. The van der Waals surface area contributed by atoms with Crippen molar-refractivity contribution in [3.05, 3.63) is 23.3 Å². The van der Waals surface area contributed by atoms with E-state index in [1.807, 2.05) is 0 Å². The number of nitrogens with zero attached hydrogens (tertiary/aromatic N) is 1. The fourth-order valence-electron chi connectivity index (χ4n) is 13.8.